The molecular weight excluding hydrogens is 264 g/mol. The lowest BCUT2D eigenvalue weighted by Crippen LogP contribution is -2.19. The molecule has 0 amide bonds. The maximum absolute atomic E-state index is 12.6. The van der Waals surface area contributed by atoms with Gasteiger partial charge in [-0.1, -0.05) is 36.4 Å². The van der Waals surface area contributed by atoms with E-state index < -0.39 is 0 Å². The topological polar surface area (TPSA) is 52.0 Å². The second-order valence-corrected chi connectivity index (χ2v) is 4.87. The molecule has 1 heterocycles. The maximum Gasteiger partial charge on any atom is 0.210 e. The first-order valence-electron chi connectivity index (χ1n) is 6.58. The zero-order valence-electron chi connectivity index (χ0n) is 11.0. The first kappa shape index (κ1) is 11.8. The van der Waals surface area contributed by atoms with Crippen LogP contribution in [-0.2, 0) is 0 Å². The van der Waals surface area contributed by atoms with Gasteiger partial charge in [0.05, 0.1) is 16.7 Å². The Balaban J connectivity index is 1.94. The highest BCUT2D eigenvalue weighted by molar-refractivity contribution is 6.35. The Morgan fingerprint density at radius 1 is 0.857 bits per heavy atom. The molecule has 4 nitrogen and oxygen atoms in total. The average Bonchev–Trinajstić information content (AvgIpc) is 2.95. The first-order valence-corrected chi connectivity index (χ1v) is 6.58. The summed E-state index contributed by atoms with van der Waals surface area (Å²) in [5.41, 5.74) is 2.84. The number of fused-ring (bicyclic) bond motifs is 2. The highest BCUT2D eigenvalue weighted by atomic mass is 16.1. The molecule has 0 N–H and O–H groups in total. The smallest absolute Gasteiger partial charge is 0.210 e. The number of para-hydroxylation sites is 2. The number of ketones is 2. The van der Waals surface area contributed by atoms with Gasteiger partial charge in [0.15, 0.2) is 5.78 Å². The summed E-state index contributed by atoms with van der Waals surface area (Å²) in [7, 11) is 0. The van der Waals surface area contributed by atoms with Gasteiger partial charge in [-0.05, 0) is 12.1 Å². The number of carbonyl (C=O) groups excluding carboxylic acids is 2. The lowest BCUT2D eigenvalue weighted by molar-refractivity contribution is 0.0998. The van der Waals surface area contributed by atoms with E-state index in [4.69, 9.17) is 0 Å². The number of imidazole rings is 1. The third kappa shape index (κ3) is 1.66. The quantitative estimate of drug-likeness (QED) is 0.685. The van der Waals surface area contributed by atoms with Crippen LogP contribution < -0.4 is 0 Å². The summed E-state index contributed by atoms with van der Waals surface area (Å²) < 4.78 is 1.67. The number of aromatic nitrogens is 2. The minimum atomic E-state index is -0.159. The van der Waals surface area contributed by atoms with Crippen LogP contribution in [0, 0.1) is 0 Å². The van der Waals surface area contributed by atoms with Crippen molar-refractivity contribution in [1.29, 1.82) is 0 Å². The van der Waals surface area contributed by atoms with E-state index in [-0.39, 0.29) is 11.6 Å². The summed E-state index contributed by atoms with van der Waals surface area (Å²) in [5.74, 6) is -0.314. The van der Waals surface area contributed by atoms with Crippen molar-refractivity contribution in [2.75, 3.05) is 0 Å². The summed E-state index contributed by atoms with van der Waals surface area (Å²) in [6.45, 7) is 0. The van der Waals surface area contributed by atoms with Crippen molar-refractivity contribution in [2.24, 2.45) is 0 Å². The van der Waals surface area contributed by atoms with Crippen molar-refractivity contribution < 1.29 is 9.59 Å². The van der Waals surface area contributed by atoms with Crippen LogP contribution in [0.1, 0.15) is 20.7 Å². The van der Waals surface area contributed by atoms with E-state index in [9.17, 15) is 9.59 Å². The van der Waals surface area contributed by atoms with Gasteiger partial charge < -0.3 is 0 Å². The number of hydrogen-bond donors (Lipinski definition) is 0. The van der Waals surface area contributed by atoms with Crippen molar-refractivity contribution >= 4 is 28.3 Å². The minimum absolute atomic E-state index is 0.155. The molecular formula is C17H10N2O2. The van der Waals surface area contributed by atoms with Gasteiger partial charge in [0.25, 0.3) is 0 Å². The second kappa shape index (κ2) is 4.24. The van der Waals surface area contributed by atoms with E-state index in [1.165, 1.54) is 6.08 Å². The summed E-state index contributed by atoms with van der Waals surface area (Å²) in [4.78, 5) is 29.1. The van der Waals surface area contributed by atoms with Crippen LogP contribution in [0.3, 0.4) is 0 Å². The molecule has 0 saturated carbocycles. The van der Waals surface area contributed by atoms with E-state index in [0.717, 1.165) is 11.0 Å². The number of carbonyl (C=O) groups is 2. The predicted octanol–water partition coefficient (Wildman–Crippen LogP) is 2.96. The fraction of sp³-hybridized carbons (Fsp3) is 0. The highest BCUT2D eigenvalue weighted by Crippen LogP contribution is 2.26. The Morgan fingerprint density at radius 2 is 1.57 bits per heavy atom. The molecule has 0 aliphatic heterocycles. The molecule has 1 aromatic heterocycles. The van der Waals surface area contributed by atoms with Gasteiger partial charge in [-0.15, -0.1) is 0 Å². The molecule has 0 saturated heterocycles. The van der Waals surface area contributed by atoms with Crippen LogP contribution in [0.2, 0.25) is 0 Å². The van der Waals surface area contributed by atoms with Gasteiger partial charge in [-0.2, -0.15) is 0 Å². The lowest BCUT2D eigenvalue weighted by Gasteiger charge is -2.15. The number of rotatable bonds is 1. The summed E-state index contributed by atoms with van der Waals surface area (Å²) in [6.07, 6.45) is 2.97. The molecule has 1 aliphatic rings. The van der Waals surface area contributed by atoms with E-state index >= 15 is 0 Å². The second-order valence-electron chi connectivity index (χ2n) is 4.87. The Bertz CT molecular complexity index is 935. The number of benzene rings is 2. The number of nitrogens with zero attached hydrogens (tertiary/aromatic N) is 2. The number of Topliss-reactive ketones (excluding diaryl/α,β-unsaturated/α-hetero) is 1. The van der Waals surface area contributed by atoms with E-state index in [1.807, 2.05) is 24.3 Å². The average molecular weight is 274 g/mol. The largest absolute Gasteiger partial charge is 0.295 e. The Labute approximate surface area is 120 Å². The van der Waals surface area contributed by atoms with E-state index in [2.05, 4.69) is 4.98 Å². The molecule has 4 rings (SSSR count). The summed E-state index contributed by atoms with van der Waals surface area (Å²) in [6, 6.07) is 14.4. The van der Waals surface area contributed by atoms with E-state index in [1.54, 1.807) is 35.2 Å². The van der Waals surface area contributed by atoms with Crippen LogP contribution in [0.4, 0.5) is 0 Å². The third-order valence-corrected chi connectivity index (χ3v) is 3.65. The lowest BCUT2D eigenvalue weighted by atomic mass is 9.92. The molecule has 3 aromatic rings. The van der Waals surface area contributed by atoms with Crippen molar-refractivity contribution in [2.45, 2.75) is 0 Å². The Hall–Kier alpha value is -3.01. The van der Waals surface area contributed by atoms with Gasteiger partial charge in [0.2, 0.25) is 5.78 Å². The SMILES string of the molecule is O=C1C=C(n2cnc3ccccc32)C(=O)c2ccccc21. The Kier molecular flexibility index (Phi) is 2.38. The molecule has 4 heteroatoms. The monoisotopic (exact) mass is 274 g/mol. The van der Waals surface area contributed by atoms with Crippen LogP contribution in [-0.4, -0.2) is 21.1 Å². The fourth-order valence-electron chi connectivity index (χ4n) is 2.63. The molecule has 0 fully saturated rings. The van der Waals surface area contributed by atoms with Crippen LogP contribution >= 0.6 is 0 Å². The molecule has 100 valence electrons. The van der Waals surface area contributed by atoms with Crippen molar-refractivity contribution in [3.63, 3.8) is 0 Å². The molecule has 21 heavy (non-hydrogen) atoms. The zero-order valence-corrected chi connectivity index (χ0v) is 11.0. The number of allylic oxidation sites excluding steroid dienone is 2. The maximum atomic E-state index is 12.6. The van der Waals surface area contributed by atoms with Gasteiger partial charge in [0.1, 0.15) is 6.33 Å². The van der Waals surface area contributed by atoms with Crippen LogP contribution in [0.5, 0.6) is 0 Å². The third-order valence-electron chi connectivity index (χ3n) is 3.65. The normalized spacial score (nSPS) is 14.2. The summed E-state index contributed by atoms with van der Waals surface area (Å²) >= 11 is 0. The van der Waals surface area contributed by atoms with Crippen molar-refractivity contribution in [3.8, 4) is 0 Å². The molecule has 0 spiro atoms. The predicted molar refractivity (Wildman–Crippen MR) is 79.1 cm³/mol. The summed E-state index contributed by atoms with van der Waals surface area (Å²) in [5, 5.41) is 0. The van der Waals surface area contributed by atoms with Gasteiger partial charge in [0, 0.05) is 17.2 Å². The van der Waals surface area contributed by atoms with Crippen molar-refractivity contribution in [1.82, 2.24) is 9.55 Å². The van der Waals surface area contributed by atoms with Gasteiger partial charge in [-0.25, -0.2) is 4.98 Å². The standard InChI is InChI=1S/C17H10N2O2/c20-16-9-15(17(21)12-6-2-1-5-11(12)16)19-10-18-13-7-3-4-8-14(13)19/h1-10H. The highest BCUT2D eigenvalue weighted by Gasteiger charge is 2.26. The van der Waals surface area contributed by atoms with E-state index in [0.29, 0.717) is 16.8 Å². The fourth-order valence-corrected chi connectivity index (χ4v) is 2.63. The first-order chi connectivity index (χ1) is 10.3. The minimum Gasteiger partial charge on any atom is -0.295 e. The molecule has 0 radical (unpaired) electrons. The van der Waals surface area contributed by atoms with Crippen LogP contribution in [0.15, 0.2) is 60.9 Å². The zero-order chi connectivity index (χ0) is 14.4. The molecule has 1 aliphatic carbocycles. The van der Waals surface area contributed by atoms with Gasteiger partial charge >= 0.3 is 0 Å². The molecule has 2 aromatic carbocycles. The molecule has 0 atom stereocenters. The Morgan fingerprint density at radius 3 is 2.43 bits per heavy atom. The van der Waals surface area contributed by atoms with Crippen molar-refractivity contribution in [3.05, 3.63) is 72.1 Å². The van der Waals surface area contributed by atoms with Gasteiger partial charge in [-0.3, -0.25) is 14.2 Å². The molecule has 0 bridgehead atoms. The van der Waals surface area contributed by atoms with Crippen LogP contribution in [0.25, 0.3) is 16.7 Å². The molecule has 0 unspecified atom stereocenters. The number of hydrogen-bond acceptors (Lipinski definition) is 3.